The molecule has 1 saturated carbocycles. The maximum atomic E-state index is 3.45. The normalized spacial score (nSPS) is 42.7. The SMILES string of the molecule is C1CC[C@@H]2NCN[C@H]2C1. The van der Waals surface area contributed by atoms with Gasteiger partial charge in [0.1, 0.15) is 0 Å². The number of rotatable bonds is 0. The molecule has 0 radical (unpaired) electrons. The highest BCUT2D eigenvalue weighted by Crippen LogP contribution is 2.20. The van der Waals surface area contributed by atoms with Crippen LogP contribution in [-0.4, -0.2) is 18.8 Å². The molecule has 2 rings (SSSR count). The number of fused-ring (bicyclic) bond motifs is 1. The molecule has 1 saturated heterocycles. The Morgan fingerprint density at radius 2 is 1.44 bits per heavy atom. The summed E-state index contributed by atoms with van der Waals surface area (Å²) >= 11 is 0. The van der Waals surface area contributed by atoms with Gasteiger partial charge in [0.25, 0.3) is 0 Å². The average molecular weight is 126 g/mol. The Morgan fingerprint density at radius 3 is 2.00 bits per heavy atom. The van der Waals surface area contributed by atoms with Gasteiger partial charge in [-0.15, -0.1) is 0 Å². The minimum absolute atomic E-state index is 0.804. The predicted molar refractivity (Wildman–Crippen MR) is 37.2 cm³/mol. The Kier molecular flexibility index (Phi) is 1.44. The summed E-state index contributed by atoms with van der Waals surface area (Å²) in [6.07, 6.45) is 5.63. The molecular formula is C7H14N2. The summed E-state index contributed by atoms with van der Waals surface area (Å²) in [5.74, 6) is 0. The van der Waals surface area contributed by atoms with Gasteiger partial charge in [0.05, 0.1) is 0 Å². The molecule has 0 aromatic carbocycles. The molecule has 0 aromatic rings. The maximum Gasteiger partial charge on any atom is 0.0459 e. The maximum absolute atomic E-state index is 3.45. The van der Waals surface area contributed by atoms with Crippen LogP contribution in [0.2, 0.25) is 0 Å². The zero-order chi connectivity index (χ0) is 6.10. The van der Waals surface area contributed by atoms with E-state index in [1.54, 1.807) is 0 Å². The lowest BCUT2D eigenvalue weighted by Gasteiger charge is -2.23. The van der Waals surface area contributed by atoms with Crippen molar-refractivity contribution in [2.75, 3.05) is 6.67 Å². The van der Waals surface area contributed by atoms with Gasteiger partial charge in [-0.3, -0.25) is 0 Å². The van der Waals surface area contributed by atoms with Gasteiger partial charge in [-0.2, -0.15) is 0 Å². The smallest absolute Gasteiger partial charge is 0.0459 e. The fourth-order valence-corrected chi connectivity index (χ4v) is 1.94. The summed E-state index contributed by atoms with van der Waals surface area (Å²) in [7, 11) is 0. The largest absolute Gasteiger partial charge is 0.300 e. The lowest BCUT2D eigenvalue weighted by molar-refractivity contribution is 0.374. The number of nitrogens with one attached hydrogen (secondary N) is 2. The first kappa shape index (κ1) is 5.69. The second-order valence-electron chi connectivity index (χ2n) is 3.08. The fraction of sp³-hybridized carbons (Fsp3) is 1.00. The van der Waals surface area contributed by atoms with Gasteiger partial charge >= 0.3 is 0 Å². The second-order valence-corrected chi connectivity index (χ2v) is 3.08. The first-order chi connectivity index (χ1) is 4.47. The van der Waals surface area contributed by atoms with Crippen LogP contribution in [0.3, 0.4) is 0 Å². The summed E-state index contributed by atoms with van der Waals surface area (Å²) in [6, 6.07) is 1.61. The van der Waals surface area contributed by atoms with Gasteiger partial charge in [0, 0.05) is 18.8 Å². The van der Waals surface area contributed by atoms with Crippen LogP contribution in [0.15, 0.2) is 0 Å². The zero-order valence-electron chi connectivity index (χ0n) is 5.69. The van der Waals surface area contributed by atoms with E-state index in [2.05, 4.69) is 10.6 Å². The molecule has 2 aliphatic rings. The fourth-order valence-electron chi connectivity index (χ4n) is 1.94. The van der Waals surface area contributed by atoms with E-state index in [-0.39, 0.29) is 0 Å². The lowest BCUT2D eigenvalue weighted by atomic mass is 9.92. The van der Waals surface area contributed by atoms with Crippen LogP contribution in [0.25, 0.3) is 0 Å². The van der Waals surface area contributed by atoms with E-state index in [9.17, 15) is 0 Å². The first-order valence-corrected chi connectivity index (χ1v) is 3.93. The first-order valence-electron chi connectivity index (χ1n) is 3.93. The number of hydrogen-bond acceptors (Lipinski definition) is 2. The Hall–Kier alpha value is -0.0800. The van der Waals surface area contributed by atoms with Crippen molar-refractivity contribution in [2.45, 2.75) is 37.8 Å². The summed E-state index contributed by atoms with van der Waals surface area (Å²) < 4.78 is 0. The van der Waals surface area contributed by atoms with Crippen LogP contribution in [0.4, 0.5) is 0 Å². The molecule has 2 atom stereocenters. The van der Waals surface area contributed by atoms with Gasteiger partial charge in [-0.05, 0) is 12.8 Å². The van der Waals surface area contributed by atoms with Crippen LogP contribution in [0.1, 0.15) is 25.7 Å². The molecule has 0 bridgehead atoms. The van der Waals surface area contributed by atoms with Crippen LogP contribution >= 0.6 is 0 Å². The Bertz CT molecular complexity index is 91.1. The van der Waals surface area contributed by atoms with E-state index in [0.717, 1.165) is 18.8 Å². The Balaban J connectivity index is 1.97. The van der Waals surface area contributed by atoms with Crippen LogP contribution < -0.4 is 10.6 Å². The molecule has 0 aromatic heterocycles. The molecule has 9 heavy (non-hydrogen) atoms. The highest BCUT2D eigenvalue weighted by Gasteiger charge is 2.27. The molecule has 0 unspecified atom stereocenters. The summed E-state index contributed by atoms with van der Waals surface area (Å²) in [6.45, 7) is 1.04. The topological polar surface area (TPSA) is 24.1 Å². The Labute approximate surface area is 56.0 Å². The molecule has 2 heteroatoms. The molecule has 0 amide bonds. The minimum atomic E-state index is 0.804. The van der Waals surface area contributed by atoms with Gasteiger partial charge in [-0.1, -0.05) is 12.8 Å². The third kappa shape index (κ3) is 0.970. The molecule has 2 nitrogen and oxygen atoms in total. The lowest BCUT2D eigenvalue weighted by Crippen LogP contribution is -2.36. The van der Waals surface area contributed by atoms with Crippen LogP contribution in [0.5, 0.6) is 0 Å². The van der Waals surface area contributed by atoms with E-state index >= 15 is 0 Å². The average Bonchev–Trinajstić information content (AvgIpc) is 2.33. The molecule has 1 aliphatic heterocycles. The van der Waals surface area contributed by atoms with Gasteiger partial charge in [-0.25, -0.2) is 0 Å². The van der Waals surface area contributed by atoms with E-state index in [0.29, 0.717) is 0 Å². The van der Waals surface area contributed by atoms with Crippen molar-refractivity contribution in [3.8, 4) is 0 Å². The third-order valence-corrected chi connectivity index (χ3v) is 2.49. The highest BCUT2D eigenvalue weighted by molar-refractivity contribution is 4.90. The van der Waals surface area contributed by atoms with Crippen LogP contribution in [-0.2, 0) is 0 Å². The standard InChI is InChI=1S/C7H14N2/c1-2-4-7-6(3-1)8-5-9-7/h6-9H,1-5H2/t6-,7-/m0/s1. The van der Waals surface area contributed by atoms with Crippen molar-refractivity contribution in [1.82, 2.24) is 10.6 Å². The molecule has 2 fully saturated rings. The van der Waals surface area contributed by atoms with Gasteiger partial charge in [0.15, 0.2) is 0 Å². The van der Waals surface area contributed by atoms with E-state index in [1.807, 2.05) is 0 Å². The quantitative estimate of drug-likeness (QED) is 0.492. The van der Waals surface area contributed by atoms with Crippen molar-refractivity contribution >= 4 is 0 Å². The summed E-state index contributed by atoms with van der Waals surface area (Å²) in [5.41, 5.74) is 0. The Morgan fingerprint density at radius 1 is 0.889 bits per heavy atom. The van der Waals surface area contributed by atoms with E-state index < -0.39 is 0 Å². The summed E-state index contributed by atoms with van der Waals surface area (Å²) in [5, 5.41) is 6.89. The molecule has 0 spiro atoms. The molecular weight excluding hydrogens is 112 g/mol. The molecule has 52 valence electrons. The third-order valence-electron chi connectivity index (χ3n) is 2.49. The molecule has 1 aliphatic carbocycles. The minimum Gasteiger partial charge on any atom is -0.300 e. The van der Waals surface area contributed by atoms with Crippen molar-refractivity contribution in [3.63, 3.8) is 0 Å². The van der Waals surface area contributed by atoms with Gasteiger partial charge in [0.2, 0.25) is 0 Å². The van der Waals surface area contributed by atoms with Crippen molar-refractivity contribution in [2.24, 2.45) is 0 Å². The van der Waals surface area contributed by atoms with Crippen molar-refractivity contribution in [3.05, 3.63) is 0 Å². The molecule has 1 heterocycles. The predicted octanol–water partition coefficient (Wildman–Crippen LogP) is 0.448. The van der Waals surface area contributed by atoms with Gasteiger partial charge < -0.3 is 10.6 Å². The number of hydrogen-bond donors (Lipinski definition) is 2. The molecule has 2 N–H and O–H groups in total. The van der Waals surface area contributed by atoms with E-state index in [1.165, 1.54) is 25.7 Å². The van der Waals surface area contributed by atoms with Crippen LogP contribution in [0, 0.1) is 0 Å². The summed E-state index contributed by atoms with van der Waals surface area (Å²) in [4.78, 5) is 0. The second kappa shape index (κ2) is 2.27. The zero-order valence-corrected chi connectivity index (χ0v) is 5.69. The van der Waals surface area contributed by atoms with Crippen molar-refractivity contribution < 1.29 is 0 Å². The van der Waals surface area contributed by atoms with E-state index in [4.69, 9.17) is 0 Å². The monoisotopic (exact) mass is 126 g/mol. The van der Waals surface area contributed by atoms with Crippen molar-refractivity contribution in [1.29, 1.82) is 0 Å². The highest BCUT2D eigenvalue weighted by atomic mass is 15.2.